The molecule has 0 aliphatic heterocycles. The molecule has 1 aromatic rings. The second kappa shape index (κ2) is 8.48. The van der Waals surface area contributed by atoms with Crippen molar-refractivity contribution in [1.29, 1.82) is 0 Å². The molecule has 0 fully saturated rings. The van der Waals surface area contributed by atoms with Crippen LogP contribution in [0.5, 0.6) is 0 Å². The van der Waals surface area contributed by atoms with Crippen molar-refractivity contribution in [2.24, 2.45) is 0 Å². The average Bonchev–Trinajstić information content (AvgIpc) is 2.40. The molecule has 11 nitrogen and oxygen atoms in total. The standard InChI is InChI=1S/C10H16IN2O9P/c1-5(13-8(11)2-9(16)12-10(13)17)22-7(6(15)3-14)4-21-23(18,19)20/h2,5-7,14-15H,3-4H2,1H3,(H,12,16,17)(H2,18,19,20)/t5?,6?,7-/m1/s1. The first-order valence-corrected chi connectivity index (χ1v) is 8.82. The molecule has 0 aromatic carbocycles. The fourth-order valence-electron chi connectivity index (χ4n) is 1.66. The molecule has 23 heavy (non-hydrogen) atoms. The summed E-state index contributed by atoms with van der Waals surface area (Å²) in [7, 11) is -4.80. The third kappa shape index (κ3) is 6.43. The molecule has 0 radical (unpaired) electrons. The number of aromatic amines is 1. The van der Waals surface area contributed by atoms with Crippen LogP contribution in [0.4, 0.5) is 0 Å². The molecule has 1 aromatic heterocycles. The van der Waals surface area contributed by atoms with Gasteiger partial charge >= 0.3 is 13.5 Å². The van der Waals surface area contributed by atoms with Crippen molar-refractivity contribution in [3.05, 3.63) is 30.6 Å². The SMILES string of the molecule is CC(O[C@H](COP(=O)(O)O)C(O)CO)n1c(I)cc(=O)[nH]c1=O. The number of ether oxygens (including phenoxy) is 1. The van der Waals surface area contributed by atoms with E-state index in [-0.39, 0.29) is 3.70 Å². The Morgan fingerprint density at radius 2 is 2.04 bits per heavy atom. The van der Waals surface area contributed by atoms with Gasteiger partial charge in [0.1, 0.15) is 18.4 Å². The van der Waals surface area contributed by atoms with E-state index in [2.05, 4.69) is 4.52 Å². The summed E-state index contributed by atoms with van der Waals surface area (Å²) in [5.74, 6) is 0. The molecular formula is C10H16IN2O9P. The Labute approximate surface area is 143 Å². The molecule has 0 aliphatic carbocycles. The van der Waals surface area contributed by atoms with Crippen molar-refractivity contribution in [3.63, 3.8) is 0 Å². The smallest absolute Gasteiger partial charge is 0.394 e. The maximum atomic E-state index is 11.8. The summed E-state index contributed by atoms with van der Waals surface area (Å²) in [4.78, 5) is 42.4. The number of nitrogens with zero attached hydrogens (tertiary/aromatic N) is 1. The number of rotatable bonds is 8. The summed E-state index contributed by atoms with van der Waals surface area (Å²) in [6.45, 7) is -0.0546. The van der Waals surface area contributed by atoms with Gasteiger partial charge in [-0.25, -0.2) is 9.36 Å². The Bertz CT molecular complexity index is 684. The van der Waals surface area contributed by atoms with Crippen molar-refractivity contribution in [2.45, 2.75) is 25.4 Å². The predicted octanol–water partition coefficient (Wildman–Crippen LogP) is -1.49. The van der Waals surface area contributed by atoms with Crippen LogP contribution in [-0.4, -0.2) is 55.0 Å². The molecule has 1 rings (SSSR count). The van der Waals surface area contributed by atoms with Crippen molar-refractivity contribution < 1.29 is 33.8 Å². The van der Waals surface area contributed by atoms with E-state index in [9.17, 15) is 19.3 Å². The first-order chi connectivity index (χ1) is 10.5. The zero-order valence-electron chi connectivity index (χ0n) is 11.8. The fraction of sp³-hybridized carbons (Fsp3) is 0.600. The van der Waals surface area contributed by atoms with Crippen LogP contribution >= 0.6 is 30.4 Å². The zero-order chi connectivity index (χ0) is 17.8. The van der Waals surface area contributed by atoms with Crippen LogP contribution in [0.2, 0.25) is 0 Å². The van der Waals surface area contributed by atoms with Crippen molar-refractivity contribution in [1.82, 2.24) is 9.55 Å². The summed E-state index contributed by atoms with van der Waals surface area (Å²) in [6.07, 6.45) is -3.84. The fourth-order valence-corrected chi connectivity index (χ4v) is 2.89. The second-order valence-electron chi connectivity index (χ2n) is 4.44. The third-order valence-electron chi connectivity index (χ3n) is 2.69. The molecule has 0 saturated carbocycles. The molecule has 5 N–H and O–H groups in total. The monoisotopic (exact) mass is 466 g/mol. The first kappa shape index (κ1) is 20.4. The van der Waals surface area contributed by atoms with Gasteiger partial charge < -0.3 is 24.7 Å². The Morgan fingerprint density at radius 1 is 1.43 bits per heavy atom. The van der Waals surface area contributed by atoms with Gasteiger partial charge in [-0.2, -0.15) is 0 Å². The van der Waals surface area contributed by atoms with E-state index in [4.69, 9.17) is 19.6 Å². The number of phosphoric ester groups is 1. The van der Waals surface area contributed by atoms with Crippen LogP contribution in [-0.2, 0) is 13.8 Å². The minimum atomic E-state index is -4.80. The molecule has 0 saturated heterocycles. The van der Waals surface area contributed by atoms with Gasteiger partial charge in [-0.1, -0.05) is 0 Å². The molecule has 132 valence electrons. The van der Waals surface area contributed by atoms with E-state index in [1.54, 1.807) is 22.6 Å². The minimum absolute atomic E-state index is 0.247. The Balaban J connectivity index is 2.97. The summed E-state index contributed by atoms with van der Waals surface area (Å²) in [5.41, 5.74) is -1.36. The van der Waals surface area contributed by atoms with Crippen molar-refractivity contribution >= 4 is 30.4 Å². The van der Waals surface area contributed by atoms with Crippen molar-refractivity contribution in [3.8, 4) is 0 Å². The second-order valence-corrected chi connectivity index (χ2v) is 6.79. The van der Waals surface area contributed by atoms with Crippen LogP contribution < -0.4 is 11.2 Å². The number of aromatic nitrogens is 2. The highest BCUT2D eigenvalue weighted by molar-refractivity contribution is 14.1. The molecule has 0 aliphatic rings. The number of halogens is 1. The van der Waals surface area contributed by atoms with Gasteiger partial charge in [0.05, 0.1) is 16.9 Å². The number of nitrogens with one attached hydrogen (secondary N) is 1. The third-order valence-corrected chi connectivity index (χ3v) is 4.00. The highest BCUT2D eigenvalue weighted by atomic mass is 127. The van der Waals surface area contributed by atoms with Gasteiger partial charge in [0.25, 0.3) is 5.56 Å². The number of aliphatic hydroxyl groups excluding tert-OH is 2. The van der Waals surface area contributed by atoms with Gasteiger partial charge in [-0.3, -0.25) is 18.9 Å². The lowest BCUT2D eigenvalue weighted by Gasteiger charge is -2.26. The maximum absolute atomic E-state index is 11.8. The van der Waals surface area contributed by atoms with E-state index in [1.807, 2.05) is 4.98 Å². The molecule has 0 spiro atoms. The molecule has 3 atom stereocenters. The number of H-pyrrole nitrogens is 1. The zero-order valence-corrected chi connectivity index (χ0v) is 14.9. The topological polar surface area (TPSA) is 171 Å². The van der Waals surface area contributed by atoms with Gasteiger partial charge in [0.15, 0.2) is 0 Å². The molecule has 0 amide bonds. The summed E-state index contributed by atoms with van der Waals surface area (Å²) in [5, 5.41) is 18.6. The lowest BCUT2D eigenvalue weighted by atomic mass is 10.2. The predicted molar refractivity (Wildman–Crippen MR) is 84.7 cm³/mol. The number of hydrogen-bond donors (Lipinski definition) is 5. The van der Waals surface area contributed by atoms with Crippen LogP contribution in [0.3, 0.4) is 0 Å². The quantitative estimate of drug-likeness (QED) is 0.174. The first-order valence-electron chi connectivity index (χ1n) is 6.21. The average molecular weight is 466 g/mol. The number of hydrogen-bond acceptors (Lipinski definition) is 7. The Hall–Kier alpha value is -0.600. The highest BCUT2D eigenvalue weighted by Crippen LogP contribution is 2.36. The Kier molecular flexibility index (Phi) is 7.54. The molecule has 13 heteroatoms. The lowest BCUT2D eigenvalue weighted by Crippen LogP contribution is -2.40. The minimum Gasteiger partial charge on any atom is -0.394 e. The number of phosphoric acid groups is 1. The van der Waals surface area contributed by atoms with Gasteiger partial charge in [-0.05, 0) is 29.5 Å². The van der Waals surface area contributed by atoms with E-state index < -0.39 is 50.7 Å². The number of aliphatic hydroxyl groups is 2. The molecular weight excluding hydrogens is 450 g/mol. The molecule has 1 heterocycles. The van der Waals surface area contributed by atoms with E-state index in [0.29, 0.717) is 0 Å². The maximum Gasteiger partial charge on any atom is 0.469 e. The molecule has 0 bridgehead atoms. The lowest BCUT2D eigenvalue weighted by molar-refractivity contribution is -0.127. The van der Waals surface area contributed by atoms with Gasteiger partial charge in [-0.15, -0.1) is 0 Å². The summed E-state index contributed by atoms with van der Waals surface area (Å²) < 4.78 is 21.6. The Morgan fingerprint density at radius 3 is 2.52 bits per heavy atom. The summed E-state index contributed by atoms with van der Waals surface area (Å²) >= 11 is 1.73. The van der Waals surface area contributed by atoms with E-state index in [1.165, 1.54) is 6.92 Å². The van der Waals surface area contributed by atoms with Crippen LogP contribution in [0.1, 0.15) is 13.2 Å². The van der Waals surface area contributed by atoms with Crippen LogP contribution in [0.15, 0.2) is 15.7 Å². The van der Waals surface area contributed by atoms with Gasteiger partial charge in [0.2, 0.25) is 0 Å². The normalized spacial score (nSPS) is 16.1. The molecule has 2 unspecified atom stereocenters. The van der Waals surface area contributed by atoms with Crippen LogP contribution in [0.25, 0.3) is 0 Å². The van der Waals surface area contributed by atoms with Gasteiger partial charge in [0, 0.05) is 6.07 Å². The van der Waals surface area contributed by atoms with Crippen LogP contribution in [0, 0.1) is 3.70 Å². The van der Waals surface area contributed by atoms with E-state index >= 15 is 0 Å². The van der Waals surface area contributed by atoms with Crippen molar-refractivity contribution in [2.75, 3.05) is 13.2 Å². The highest BCUT2D eigenvalue weighted by Gasteiger charge is 2.27. The van der Waals surface area contributed by atoms with E-state index in [0.717, 1.165) is 10.6 Å². The largest absolute Gasteiger partial charge is 0.469 e. The summed E-state index contributed by atoms with van der Waals surface area (Å²) in [6, 6.07) is 1.14.